The van der Waals surface area contributed by atoms with Crippen LogP contribution in [0.2, 0.25) is 0 Å². The van der Waals surface area contributed by atoms with Gasteiger partial charge < -0.3 is 0 Å². The first kappa shape index (κ1) is 29.7. The molecule has 0 aliphatic rings. The van der Waals surface area contributed by atoms with E-state index in [1.165, 1.54) is 76.1 Å². The Labute approximate surface area is 306 Å². The zero-order chi connectivity index (χ0) is 34.9. The van der Waals surface area contributed by atoms with Crippen molar-refractivity contribution in [1.29, 1.82) is 0 Å². The van der Waals surface area contributed by atoms with Crippen molar-refractivity contribution in [3.05, 3.63) is 194 Å². The molecule has 0 fully saturated rings. The molecule has 0 aliphatic carbocycles. The molecule has 0 atom stereocenters. The maximum Gasteiger partial charge on any atom is 0.146 e. The van der Waals surface area contributed by atoms with Crippen molar-refractivity contribution in [2.45, 2.75) is 0 Å². The van der Waals surface area contributed by atoms with Crippen molar-refractivity contribution in [2.24, 2.45) is 0 Å². The van der Waals surface area contributed by atoms with E-state index in [0.717, 1.165) is 28.1 Å². The van der Waals surface area contributed by atoms with Crippen molar-refractivity contribution < 1.29 is 0 Å². The van der Waals surface area contributed by atoms with Gasteiger partial charge in [0.05, 0.1) is 11.0 Å². The molecule has 2 nitrogen and oxygen atoms in total. The molecule has 0 radical (unpaired) electrons. The third-order valence-electron chi connectivity index (χ3n) is 10.9. The predicted octanol–water partition coefficient (Wildman–Crippen LogP) is 13.8. The van der Waals surface area contributed by atoms with Crippen LogP contribution < -0.4 is 0 Å². The van der Waals surface area contributed by atoms with Gasteiger partial charge in [-0.1, -0.05) is 164 Å². The molecule has 0 aliphatic heterocycles. The number of hydrogen-bond acceptors (Lipinski definition) is 1. The van der Waals surface area contributed by atoms with Gasteiger partial charge in [0.15, 0.2) is 0 Å². The van der Waals surface area contributed by atoms with Crippen LogP contribution in [0.5, 0.6) is 0 Å². The summed E-state index contributed by atoms with van der Waals surface area (Å²) in [5.74, 6) is 0.942. The minimum Gasteiger partial charge on any atom is -0.292 e. The van der Waals surface area contributed by atoms with Gasteiger partial charge >= 0.3 is 0 Å². The number of aromatic nitrogens is 2. The Kier molecular flexibility index (Phi) is 6.59. The summed E-state index contributed by atoms with van der Waals surface area (Å²) >= 11 is 0. The second-order valence-electron chi connectivity index (χ2n) is 13.8. The van der Waals surface area contributed by atoms with Crippen molar-refractivity contribution in [3.8, 4) is 39.3 Å². The topological polar surface area (TPSA) is 17.8 Å². The molecule has 0 saturated heterocycles. The van der Waals surface area contributed by atoms with Crippen molar-refractivity contribution in [1.82, 2.24) is 9.55 Å². The van der Waals surface area contributed by atoms with E-state index in [4.69, 9.17) is 4.98 Å². The number of nitrogens with zero attached hydrogens (tertiary/aromatic N) is 2. The fraction of sp³-hybridized carbons (Fsp3) is 0. The lowest BCUT2D eigenvalue weighted by molar-refractivity contribution is 1.11. The molecule has 11 aromatic rings. The fourth-order valence-electron chi connectivity index (χ4n) is 8.72. The Morgan fingerprint density at radius 3 is 1.32 bits per heavy atom. The lowest BCUT2D eigenvalue weighted by atomic mass is 9.81. The summed E-state index contributed by atoms with van der Waals surface area (Å²) in [7, 11) is 0. The highest BCUT2D eigenvalue weighted by atomic mass is 15.1. The smallest absolute Gasteiger partial charge is 0.146 e. The van der Waals surface area contributed by atoms with E-state index in [2.05, 4.69) is 199 Å². The van der Waals surface area contributed by atoms with E-state index < -0.39 is 0 Å². The molecular formula is C51H32N2. The first-order valence-corrected chi connectivity index (χ1v) is 18.2. The molecular weight excluding hydrogens is 641 g/mol. The summed E-state index contributed by atoms with van der Waals surface area (Å²) in [5, 5.41) is 12.3. The molecule has 10 aromatic carbocycles. The van der Waals surface area contributed by atoms with Crippen LogP contribution in [0.4, 0.5) is 0 Å². The molecule has 246 valence electrons. The molecule has 0 bridgehead atoms. The highest BCUT2D eigenvalue weighted by Gasteiger charge is 2.25. The van der Waals surface area contributed by atoms with Gasteiger partial charge in [0.1, 0.15) is 5.82 Å². The Balaban J connectivity index is 1.29. The van der Waals surface area contributed by atoms with Crippen LogP contribution in [-0.4, -0.2) is 9.55 Å². The third kappa shape index (κ3) is 4.49. The predicted molar refractivity (Wildman–Crippen MR) is 225 cm³/mol. The number of para-hydroxylation sites is 3. The van der Waals surface area contributed by atoms with Gasteiger partial charge in [-0.15, -0.1) is 0 Å². The first-order chi connectivity index (χ1) is 26.3. The summed E-state index contributed by atoms with van der Waals surface area (Å²) in [6.45, 7) is 0. The molecule has 53 heavy (non-hydrogen) atoms. The van der Waals surface area contributed by atoms with E-state index >= 15 is 0 Å². The van der Waals surface area contributed by atoms with Gasteiger partial charge in [-0.25, -0.2) is 4.98 Å². The van der Waals surface area contributed by atoms with Crippen LogP contribution in [0, 0.1) is 0 Å². The van der Waals surface area contributed by atoms with Crippen LogP contribution in [0.3, 0.4) is 0 Å². The fourth-order valence-corrected chi connectivity index (χ4v) is 8.72. The molecule has 11 rings (SSSR count). The second-order valence-corrected chi connectivity index (χ2v) is 13.8. The number of rotatable bonds is 4. The summed E-state index contributed by atoms with van der Waals surface area (Å²) in [6.07, 6.45) is 0. The van der Waals surface area contributed by atoms with E-state index in [9.17, 15) is 0 Å². The lowest BCUT2D eigenvalue weighted by Gasteiger charge is -2.22. The van der Waals surface area contributed by atoms with Crippen LogP contribution in [-0.2, 0) is 0 Å². The highest BCUT2D eigenvalue weighted by Crippen LogP contribution is 2.50. The lowest BCUT2D eigenvalue weighted by Crippen LogP contribution is -2.00. The van der Waals surface area contributed by atoms with Gasteiger partial charge in [-0.3, -0.25) is 4.57 Å². The Bertz CT molecular complexity index is 3110. The Morgan fingerprint density at radius 1 is 0.321 bits per heavy atom. The van der Waals surface area contributed by atoms with Gasteiger partial charge in [-0.2, -0.15) is 0 Å². The van der Waals surface area contributed by atoms with Crippen molar-refractivity contribution in [2.75, 3.05) is 0 Å². The highest BCUT2D eigenvalue weighted by molar-refractivity contribution is 6.30. The molecule has 0 N–H and O–H groups in total. The molecule has 1 heterocycles. The normalized spacial score (nSPS) is 11.8. The minimum absolute atomic E-state index is 0.942. The molecule has 0 spiro atoms. The Morgan fingerprint density at radius 2 is 0.755 bits per heavy atom. The van der Waals surface area contributed by atoms with E-state index in [-0.39, 0.29) is 0 Å². The largest absolute Gasteiger partial charge is 0.292 e. The van der Waals surface area contributed by atoms with E-state index in [1.807, 2.05) is 0 Å². The van der Waals surface area contributed by atoms with Crippen LogP contribution in [0.15, 0.2) is 194 Å². The zero-order valence-corrected chi connectivity index (χ0v) is 28.9. The molecule has 0 amide bonds. The van der Waals surface area contributed by atoms with Crippen molar-refractivity contribution in [3.63, 3.8) is 0 Å². The number of fused-ring (bicyclic) bond motifs is 6. The molecule has 0 saturated carbocycles. The SMILES string of the molecule is c1ccc(-n2c(-c3c4ccccc4c(-c4c5ccccc5c(-c5ccc6ccccc6c5)c5ccccc45)c4ccccc34)nc3ccccc32)cc1. The summed E-state index contributed by atoms with van der Waals surface area (Å²) in [4.78, 5) is 5.39. The second kappa shape index (κ2) is 11.8. The van der Waals surface area contributed by atoms with E-state index in [0.29, 0.717) is 0 Å². The first-order valence-electron chi connectivity index (χ1n) is 18.2. The van der Waals surface area contributed by atoms with E-state index in [1.54, 1.807) is 0 Å². The van der Waals surface area contributed by atoms with Gasteiger partial charge in [0, 0.05) is 11.3 Å². The number of benzene rings is 10. The Hall–Kier alpha value is -7.03. The molecule has 1 aromatic heterocycles. The van der Waals surface area contributed by atoms with Crippen molar-refractivity contribution >= 4 is 64.9 Å². The summed E-state index contributed by atoms with van der Waals surface area (Å²) in [5.41, 5.74) is 9.31. The number of hydrogen-bond donors (Lipinski definition) is 0. The zero-order valence-electron chi connectivity index (χ0n) is 28.9. The average molecular weight is 673 g/mol. The van der Waals surface area contributed by atoms with Gasteiger partial charge in [0.2, 0.25) is 0 Å². The van der Waals surface area contributed by atoms with Crippen LogP contribution in [0.1, 0.15) is 0 Å². The quantitative estimate of drug-likeness (QED) is 0.170. The standard InChI is InChI=1S/C51H32N2/c1-2-18-36(19-3-1)53-46-29-15-14-28-45(46)52-51(53)50-43-26-12-10-24-41(43)49(42-25-11-13-27-44(42)50)48-39-22-8-6-20-37(39)47(38-21-7-9-23-40(38)48)35-31-30-33-16-4-5-17-34(33)32-35/h1-32H. The third-order valence-corrected chi connectivity index (χ3v) is 10.9. The van der Waals surface area contributed by atoms with Crippen LogP contribution >= 0.6 is 0 Å². The summed E-state index contributed by atoms with van der Waals surface area (Å²) in [6, 6.07) is 70.4. The molecule has 2 heteroatoms. The van der Waals surface area contributed by atoms with Gasteiger partial charge in [-0.05, 0) is 106 Å². The monoisotopic (exact) mass is 672 g/mol. The maximum atomic E-state index is 5.39. The minimum atomic E-state index is 0.942. The van der Waals surface area contributed by atoms with Crippen LogP contribution in [0.25, 0.3) is 104 Å². The number of imidazole rings is 1. The summed E-state index contributed by atoms with van der Waals surface area (Å²) < 4.78 is 2.33. The average Bonchev–Trinajstić information content (AvgIpc) is 3.61. The van der Waals surface area contributed by atoms with Gasteiger partial charge in [0.25, 0.3) is 0 Å². The molecule has 0 unspecified atom stereocenters. The maximum absolute atomic E-state index is 5.39.